The zero-order valence-corrected chi connectivity index (χ0v) is 17.9. The number of nitrogens with zero attached hydrogens (tertiary/aromatic N) is 2. The number of hydrogen-bond donors (Lipinski definition) is 1. The molecule has 1 N–H and O–H groups in total. The lowest BCUT2D eigenvalue weighted by atomic mass is 9.78. The molecule has 0 radical (unpaired) electrons. The molecular weight excluding hydrogens is 318 g/mol. The molecule has 0 aromatic heterocycles. The van der Waals surface area contributed by atoms with Crippen molar-refractivity contribution in [2.75, 3.05) is 27.2 Å². The zero-order valence-electron chi connectivity index (χ0n) is 17.9. The van der Waals surface area contributed by atoms with E-state index in [2.05, 4.69) is 68.0 Å². The summed E-state index contributed by atoms with van der Waals surface area (Å²) in [4.78, 5) is 6.84. The highest BCUT2D eigenvalue weighted by molar-refractivity contribution is 5.99. The number of rotatable bonds is 10. The molecule has 0 aromatic rings. The van der Waals surface area contributed by atoms with Crippen molar-refractivity contribution in [2.24, 2.45) is 16.8 Å². The first kappa shape index (κ1) is 22.7. The Balaban J connectivity index is 2.67. The van der Waals surface area contributed by atoms with E-state index in [0.717, 1.165) is 37.7 Å². The van der Waals surface area contributed by atoms with Gasteiger partial charge in [0.05, 0.1) is 0 Å². The van der Waals surface area contributed by atoms with E-state index in [1.54, 1.807) is 0 Å². The van der Waals surface area contributed by atoms with Crippen LogP contribution in [0.5, 0.6) is 0 Å². The quantitative estimate of drug-likeness (QED) is 0.314. The molecule has 1 atom stereocenters. The Hall–Kier alpha value is -1.35. The van der Waals surface area contributed by atoms with Crippen LogP contribution in [0.15, 0.2) is 41.1 Å². The normalized spacial score (nSPS) is 18.9. The molecule has 1 rings (SSSR count). The molecule has 0 aromatic carbocycles. The molecule has 1 fully saturated rings. The summed E-state index contributed by atoms with van der Waals surface area (Å²) in [5, 5.41) is 3.45. The second-order valence-electron chi connectivity index (χ2n) is 7.60. The lowest BCUT2D eigenvalue weighted by Crippen LogP contribution is -2.30. The smallest absolute Gasteiger partial charge is 0.129 e. The number of allylic oxidation sites excluding steroid dienone is 3. The molecule has 0 heterocycles. The SMILES string of the molecule is C=CC(C/C=C/NC(=NC)/C(CN(C)CC)=C(\C)CC)C1CCCCC1. The van der Waals surface area contributed by atoms with Crippen LogP contribution in [0.1, 0.15) is 65.7 Å². The summed E-state index contributed by atoms with van der Waals surface area (Å²) in [7, 11) is 4.03. The summed E-state index contributed by atoms with van der Waals surface area (Å²) in [5.41, 5.74) is 2.72. The molecule has 0 amide bonds. The molecule has 26 heavy (non-hydrogen) atoms. The van der Waals surface area contributed by atoms with Crippen molar-refractivity contribution in [3.63, 3.8) is 0 Å². The number of nitrogens with one attached hydrogen (secondary N) is 1. The fourth-order valence-electron chi connectivity index (χ4n) is 3.70. The molecule has 0 spiro atoms. The third-order valence-corrected chi connectivity index (χ3v) is 5.83. The summed E-state index contributed by atoms with van der Waals surface area (Å²) in [6.07, 6.45) is 15.5. The number of amidine groups is 1. The van der Waals surface area contributed by atoms with Crippen molar-refractivity contribution in [1.82, 2.24) is 10.2 Å². The topological polar surface area (TPSA) is 27.6 Å². The lowest BCUT2D eigenvalue weighted by Gasteiger charge is -2.27. The highest BCUT2D eigenvalue weighted by Gasteiger charge is 2.20. The van der Waals surface area contributed by atoms with Gasteiger partial charge in [0.25, 0.3) is 0 Å². The van der Waals surface area contributed by atoms with Crippen molar-refractivity contribution in [3.05, 3.63) is 36.1 Å². The van der Waals surface area contributed by atoms with Crippen molar-refractivity contribution < 1.29 is 0 Å². The van der Waals surface area contributed by atoms with Crippen molar-refractivity contribution in [3.8, 4) is 0 Å². The summed E-state index contributed by atoms with van der Waals surface area (Å²) >= 11 is 0. The van der Waals surface area contributed by atoms with E-state index in [-0.39, 0.29) is 0 Å². The van der Waals surface area contributed by atoms with Gasteiger partial charge in [0.1, 0.15) is 5.84 Å². The third kappa shape index (κ3) is 7.49. The van der Waals surface area contributed by atoms with Gasteiger partial charge in [-0.1, -0.05) is 50.8 Å². The average molecular weight is 360 g/mol. The second-order valence-corrected chi connectivity index (χ2v) is 7.60. The maximum Gasteiger partial charge on any atom is 0.129 e. The fraction of sp³-hybridized carbons (Fsp3) is 0.696. The monoisotopic (exact) mass is 359 g/mol. The van der Waals surface area contributed by atoms with Gasteiger partial charge in [0.2, 0.25) is 0 Å². The Morgan fingerprint density at radius 2 is 1.96 bits per heavy atom. The minimum atomic E-state index is 0.606. The summed E-state index contributed by atoms with van der Waals surface area (Å²) in [6.45, 7) is 12.7. The van der Waals surface area contributed by atoms with Gasteiger partial charge in [-0.05, 0) is 64.2 Å². The Bertz CT molecular complexity index is 496. The first-order chi connectivity index (χ1) is 12.6. The Labute approximate surface area is 162 Å². The maximum atomic E-state index is 4.52. The Morgan fingerprint density at radius 3 is 2.50 bits per heavy atom. The molecule has 1 aliphatic carbocycles. The van der Waals surface area contributed by atoms with Crippen LogP contribution in [0, 0.1) is 11.8 Å². The average Bonchev–Trinajstić information content (AvgIpc) is 2.69. The van der Waals surface area contributed by atoms with Gasteiger partial charge >= 0.3 is 0 Å². The maximum absolute atomic E-state index is 4.52. The fourth-order valence-corrected chi connectivity index (χ4v) is 3.70. The van der Waals surface area contributed by atoms with Crippen LogP contribution in [-0.2, 0) is 0 Å². The first-order valence-electron chi connectivity index (χ1n) is 10.5. The van der Waals surface area contributed by atoms with Crippen LogP contribution in [0.25, 0.3) is 0 Å². The Kier molecular flexibility index (Phi) is 11.3. The number of likely N-dealkylation sites (N-methyl/N-ethyl adjacent to an activating group) is 1. The van der Waals surface area contributed by atoms with E-state index in [1.807, 2.05) is 7.05 Å². The standard InChI is InChI=1S/C23H41N3/c1-7-19(4)22(18-26(6)9-3)23(24-5)25-17-13-16-20(8-2)21-14-11-10-12-15-21/h8,13,17,20-21H,2,7,9-12,14-16,18H2,1,3-6H3,(H,24,25)/b17-13+,22-19+. The predicted octanol–water partition coefficient (Wildman–Crippen LogP) is 5.57. The lowest BCUT2D eigenvalue weighted by molar-refractivity contribution is 0.287. The van der Waals surface area contributed by atoms with Gasteiger partial charge in [0.15, 0.2) is 0 Å². The predicted molar refractivity (Wildman–Crippen MR) is 117 cm³/mol. The molecular formula is C23H41N3. The van der Waals surface area contributed by atoms with Gasteiger partial charge in [-0.15, -0.1) is 6.58 Å². The minimum Gasteiger partial charge on any atom is -0.347 e. The minimum absolute atomic E-state index is 0.606. The second kappa shape index (κ2) is 12.9. The zero-order chi connectivity index (χ0) is 19.4. The van der Waals surface area contributed by atoms with E-state index < -0.39 is 0 Å². The summed E-state index contributed by atoms with van der Waals surface area (Å²) in [6, 6.07) is 0. The van der Waals surface area contributed by atoms with Crippen LogP contribution in [-0.4, -0.2) is 37.9 Å². The van der Waals surface area contributed by atoms with Gasteiger partial charge < -0.3 is 10.2 Å². The van der Waals surface area contributed by atoms with E-state index in [1.165, 1.54) is 43.3 Å². The molecule has 148 valence electrons. The highest BCUT2D eigenvalue weighted by Crippen LogP contribution is 2.32. The molecule has 1 aliphatic rings. The number of aliphatic imine (C=N–C) groups is 1. The van der Waals surface area contributed by atoms with Crippen molar-refractivity contribution >= 4 is 5.84 Å². The van der Waals surface area contributed by atoms with Gasteiger partial charge in [-0.3, -0.25) is 4.99 Å². The highest BCUT2D eigenvalue weighted by atomic mass is 15.1. The summed E-state index contributed by atoms with van der Waals surface area (Å²) < 4.78 is 0. The van der Waals surface area contributed by atoms with Crippen LogP contribution in [0.4, 0.5) is 0 Å². The number of hydrogen-bond acceptors (Lipinski definition) is 2. The van der Waals surface area contributed by atoms with Gasteiger partial charge in [0, 0.05) is 19.2 Å². The molecule has 1 unspecified atom stereocenters. The molecule has 3 heteroatoms. The van der Waals surface area contributed by atoms with E-state index in [0.29, 0.717) is 5.92 Å². The van der Waals surface area contributed by atoms with E-state index in [9.17, 15) is 0 Å². The van der Waals surface area contributed by atoms with E-state index >= 15 is 0 Å². The molecule has 3 nitrogen and oxygen atoms in total. The van der Waals surface area contributed by atoms with Gasteiger partial charge in [-0.25, -0.2) is 0 Å². The third-order valence-electron chi connectivity index (χ3n) is 5.83. The molecule has 0 bridgehead atoms. The van der Waals surface area contributed by atoms with Crippen LogP contribution in [0.3, 0.4) is 0 Å². The van der Waals surface area contributed by atoms with Crippen molar-refractivity contribution in [2.45, 2.75) is 65.7 Å². The Morgan fingerprint density at radius 1 is 1.27 bits per heavy atom. The van der Waals surface area contributed by atoms with Crippen LogP contribution in [0.2, 0.25) is 0 Å². The first-order valence-corrected chi connectivity index (χ1v) is 10.5. The molecule has 0 aliphatic heterocycles. The summed E-state index contributed by atoms with van der Waals surface area (Å²) in [5.74, 6) is 2.42. The van der Waals surface area contributed by atoms with Crippen LogP contribution >= 0.6 is 0 Å². The van der Waals surface area contributed by atoms with Crippen LogP contribution < -0.4 is 5.32 Å². The largest absolute Gasteiger partial charge is 0.347 e. The van der Waals surface area contributed by atoms with Crippen molar-refractivity contribution in [1.29, 1.82) is 0 Å². The van der Waals surface area contributed by atoms with Gasteiger partial charge in [-0.2, -0.15) is 0 Å². The van der Waals surface area contributed by atoms with E-state index in [4.69, 9.17) is 0 Å². The molecule has 0 saturated heterocycles. The molecule has 1 saturated carbocycles.